The van der Waals surface area contributed by atoms with Gasteiger partial charge in [-0.25, -0.2) is 8.42 Å². The molecule has 1 amide bonds. The monoisotopic (exact) mass is 506 g/mol. The third-order valence-corrected chi connectivity index (χ3v) is 6.97. The van der Waals surface area contributed by atoms with Crippen molar-refractivity contribution in [2.75, 3.05) is 11.9 Å². The van der Waals surface area contributed by atoms with Gasteiger partial charge in [0.25, 0.3) is 0 Å². The van der Waals surface area contributed by atoms with Gasteiger partial charge in [-0.05, 0) is 61.0 Å². The number of hydrogen-bond acceptors (Lipinski definition) is 3. The molecule has 0 spiro atoms. The molecule has 5 nitrogen and oxygen atoms in total. The lowest BCUT2D eigenvalue weighted by molar-refractivity contribution is -0.116. The summed E-state index contributed by atoms with van der Waals surface area (Å²) in [6.45, 7) is 1.70. The predicted octanol–water partition coefficient (Wildman–Crippen LogP) is 5.24. The summed E-state index contributed by atoms with van der Waals surface area (Å²) in [5, 5.41) is 3.18. The molecule has 0 aliphatic carbocycles. The van der Waals surface area contributed by atoms with Gasteiger partial charge in [-0.2, -0.15) is 4.31 Å². The molecule has 3 rings (SSSR count). The van der Waals surface area contributed by atoms with Gasteiger partial charge in [-0.15, -0.1) is 0 Å². The lowest BCUT2D eigenvalue weighted by Gasteiger charge is -2.22. The van der Waals surface area contributed by atoms with Crippen molar-refractivity contribution in [2.45, 2.75) is 18.4 Å². The number of rotatable bonds is 7. The van der Waals surface area contributed by atoms with E-state index < -0.39 is 15.9 Å². The normalized spacial score (nSPS) is 11.5. The summed E-state index contributed by atoms with van der Waals surface area (Å²) < 4.78 is 28.5. The zero-order valence-corrected chi connectivity index (χ0v) is 19.3. The van der Waals surface area contributed by atoms with E-state index in [1.807, 2.05) is 31.2 Å². The maximum absolute atomic E-state index is 13.2. The smallest absolute Gasteiger partial charge is 0.243 e. The van der Waals surface area contributed by atoms with E-state index in [1.165, 1.54) is 24.3 Å². The third-order valence-electron chi connectivity index (χ3n) is 4.38. The number of nitrogens with zero attached hydrogens (tertiary/aromatic N) is 1. The van der Waals surface area contributed by atoms with E-state index >= 15 is 0 Å². The Hall–Kier alpha value is -2.19. The van der Waals surface area contributed by atoms with E-state index in [2.05, 4.69) is 21.2 Å². The second-order valence-corrected chi connectivity index (χ2v) is 10.1. The molecule has 8 heteroatoms. The molecule has 0 aromatic heterocycles. The number of benzene rings is 3. The third kappa shape index (κ3) is 5.92. The molecule has 1 N–H and O–H groups in total. The van der Waals surface area contributed by atoms with Crippen LogP contribution in [0.2, 0.25) is 5.02 Å². The first-order valence-electron chi connectivity index (χ1n) is 9.11. The number of hydrogen-bond donors (Lipinski definition) is 1. The van der Waals surface area contributed by atoms with Gasteiger partial charge < -0.3 is 5.32 Å². The summed E-state index contributed by atoms with van der Waals surface area (Å²) in [5.74, 6) is -0.429. The van der Waals surface area contributed by atoms with Crippen LogP contribution in [0.15, 0.2) is 82.2 Å². The highest BCUT2D eigenvalue weighted by atomic mass is 79.9. The van der Waals surface area contributed by atoms with E-state index in [0.29, 0.717) is 10.7 Å². The molecule has 0 atom stereocenters. The van der Waals surface area contributed by atoms with Crippen LogP contribution in [0, 0.1) is 6.92 Å². The van der Waals surface area contributed by atoms with E-state index in [-0.39, 0.29) is 18.0 Å². The molecule has 0 radical (unpaired) electrons. The Morgan fingerprint density at radius 1 is 0.967 bits per heavy atom. The zero-order valence-electron chi connectivity index (χ0n) is 16.2. The number of carbonyl (C=O) groups excluding carboxylic acids is 1. The minimum absolute atomic E-state index is 0.0684. The van der Waals surface area contributed by atoms with Crippen molar-refractivity contribution in [3.8, 4) is 0 Å². The molecular weight excluding hydrogens is 488 g/mol. The largest absolute Gasteiger partial charge is 0.325 e. The Bertz CT molecular complexity index is 1120. The average Bonchev–Trinajstić information content (AvgIpc) is 2.71. The summed E-state index contributed by atoms with van der Waals surface area (Å²) >= 11 is 9.24. The SMILES string of the molecule is Cc1ccc(CN(CC(=O)Nc2ccc(Br)cc2)S(=O)(=O)c2ccc(Cl)cc2)cc1. The molecule has 3 aromatic carbocycles. The highest BCUT2D eigenvalue weighted by molar-refractivity contribution is 9.10. The molecule has 0 aliphatic rings. The van der Waals surface area contributed by atoms with Crippen LogP contribution < -0.4 is 5.32 Å². The number of amides is 1. The minimum Gasteiger partial charge on any atom is -0.325 e. The fourth-order valence-electron chi connectivity index (χ4n) is 2.77. The van der Waals surface area contributed by atoms with E-state index in [4.69, 9.17) is 11.6 Å². The van der Waals surface area contributed by atoms with Gasteiger partial charge in [-0.3, -0.25) is 4.79 Å². The van der Waals surface area contributed by atoms with Gasteiger partial charge in [0, 0.05) is 21.7 Å². The van der Waals surface area contributed by atoms with E-state index in [0.717, 1.165) is 19.9 Å². The van der Waals surface area contributed by atoms with Crippen molar-refractivity contribution < 1.29 is 13.2 Å². The van der Waals surface area contributed by atoms with E-state index in [1.54, 1.807) is 24.3 Å². The Morgan fingerprint density at radius 2 is 1.57 bits per heavy atom. The standard InChI is InChI=1S/C22H20BrClN2O3S/c1-16-2-4-17(5-3-16)14-26(30(28,29)21-12-8-19(24)9-13-21)15-22(27)25-20-10-6-18(23)7-11-20/h2-13H,14-15H2,1H3,(H,25,27). The topological polar surface area (TPSA) is 66.5 Å². The van der Waals surface area contributed by atoms with Gasteiger partial charge in [0.1, 0.15) is 0 Å². The Balaban J connectivity index is 1.86. The Morgan fingerprint density at radius 3 is 2.17 bits per heavy atom. The number of anilines is 1. The fourth-order valence-corrected chi connectivity index (χ4v) is 4.55. The van der Waals surface area contributed by atoms with Crippen LogP contribution >= 0.6 is 27.5 Å². The van der Waals surface area contributed by atoms with Crippen molar-refractivity contribution in [2.24, 2.45) is 0 Å². The van der Waals surface area contributed by atoms with Crippen LogP contribution in [0.3, 0.4) is 0 Å². The van der Waals surface area contributed by atoms with Crippen molar-refractivity contribution >= 4 is 49.1 Å². The van der Waals surface area contributed by atoms with Crippen LogP contribution in [0.1, 0.15) is 11.1 Å². The quantitative estimate of drug-likeness (QED) is 0.475. The molecule has 0 aliphatic heterocycles. The molecule has 0 fully saturated rings. The fraction of sp³-hybridized carbons (Fsp3) is 0.136. The van der Waals surface area contributed by atoms with Crippen molar-refractivity contribution in [1.29, 1.82) is 0 Å². The first kappa shape index (κ1) is 22.5. The summed E-state index contributed by atoms with van der Waals surface area (Å²) in [6, 6.07) is 20.5. The molecule has 3 aromatic rings. The van der Waals surface area contributed by atoms with Gasteiger partial charge in [-0.1, -0.05) is 57.4 Å². The molecule has 156 valence electrons. The maximum atomic E-state index is 13.2. The minimum atomic E-state index is -3.91. The highest BCUT2D eigenvalue weighted by Crippen LogP contribution is 2.21. The predicted molar refractivity (Wildman–Crippen MR) is 123 cm³/mol. The summed E-state index contributed by atoms with van der Waals surface area (Å²) in [4.78, 5) is 12.7. The molecule has 0 saturated carbocycles. The second-order valence-electron chi connectivity index (χ2n) is 6.77. The molecule has 0 unspecified atom stereocenters. The summed E-state index contributed by atoms with van der Waals surface area (Å²) in [7, 11) is -3.91. The highest BCUT2D eigenvalue weighted by Gasteiger charge is 2.27. The first-order chi connectivity index (χ1) is 14.2. The second kappa shape index (κ2) is 9.75. The molecular formula is C22H20BrClN2O3S. The van der Waals surface area contributed by atoms with Gasteiger partial charge in [0.2, 0.25) is 15.9 Å². The first-order valence-corrected chi connectivity index (χ1v) is 11.7. The van der Waals surface area contributed by atoms with Gasteiger partial charge >= 0.3 is 0 Å². The van der Waals surface area contributed by atoms with Crippen LogP contribution in [-0.2, 0) is 21.4 Å². The number of aryl methyl sites for hydroxylation is 1. The van der Waals surface area contributed by atoms with Crippen LogP contribution in [0.5, 0.6) is 0 Å². The molecule has 0 bridgehead atoms. The Labute approximate surface area is 189 Å². The van der Waals surface area contributed by atoms with E-state index in [9.17, 15) is 13.2 Å². The van der Waals surface area contributed by atoms with Crippen molar-refractivity contribution in [3.05, 3.63) is 93.4 Å². The lowest BCUT2D eigenvalue weighted by atomic mass is 10.1. The maximum Gasteiger partial charge on any atom is 0.243 e. The Kier molecular flexibility index (Phi) is 7.31. The molecule has 30 heavy (non-hydrogen) atoms. The van der Waals surface area contributed by atoms with Gasteiger partial charge in [0.15, 0.2) is 0 Å². The van der Waals surface area contributed by atoms with Crippen LogP contribution in [-0.4, -0.2) is 25.2 Å². The van der Waals surface area contributed by atoms with Crippen molar-refractivity contribution in [3.63, 3.8) is 0 Å². The molecule has 0 heterocycles. The summed E-state index contributed by atoms with van der Waals surface area (Å²) in [6.07, 6.45) is 0. The number of carbonyl (C=O) groups is 1. The number of nitrogens with one attached hydrogen (secondary N) is 1. The number of sulfonamides is 1. The lowest BCUT2D eigenvalue weighted by Crippen LogP contribution is -2.37. The molecule has 0 saturated heterocycles. The van der Waals surface area contributed by atoms with Gasteiger partial charge in [0.05, 0.1) is 11.4 Å². The zero-order chi connectivity index (χ0) is 21.7. The summed E-state index contributed by atoms with van der Waals surface area (Å²) in [5.41, 5.74) is 2.44. The van der Waals surface area contributed by atoms with Crippen molar-refractivity contribution in [1.82, 2.24) is 4.31 Å². The van der Waals surface area contributed by atoms with Crippen LogP contribution in [0.25, 0.3) is 0 Å². The average molecular weight is 508 g/mol. The van der Waals surface area contributed by atoms with Crippen LogP contribution in [0.4, 0.5) is 5.69 Å². The number of halogens is 2.